The van der Waals surface area contributed by atoms with Gasteiger partial charge in [-0.15, -0.1) is 24.0 Å². The molecule has 3 aliphatic rings. The van der Waals surface area contributed by atoms with E-state index in [0.29, 0.717) is 25.6 Å². The number of para-hydroxylation sites is 2. The number of carbonyl (C=O) groups is 2. The summed E-state index contributed by atoms with van der Waals surface area (Å²) in [5.41, 5.74) is 2.11. The third-order valence-electron chi connectivity index (χ3n) is 6.89. The van der Waals surface area contributed by atoms with E-state index in [4.69, 9.17) is 0 Å². The van der Waals surface area contributed by atoms with Crippen LogP contribution in [0.25, 0.3) is 11.0 Å². The van der Waals surface area contributed by atoms with E-state index in [-0.39, 0.29) is 59.5 Å². The summed E-state index contributed by atoms with van der Waals surface area (Å²) in [5.74, 6) is 1.87. The van der Waals surface area contributed by atoms with Gasteiger partial charge in [0.1, 0.15) is 5.82 Å². The van der Waals surface area contributed by atoms with Crippen LogP contribution in [-0.2, 0) is 16.1 Å². The number of imide groups is 1. The Morgan fingerprint density at radius 2 is 1.69 bits per heavy atom. The van der Waals surface area contributed by atoms with Crippen molar-refractivity contribution in [3.8, 4) is 0 Å². The minimum absolute atomic E-state index is 0. The molecule has 0 radical (unpaired) electrons. The molecule has 2 amide bonds. The molecule has 1 saturated heterocycles. The van der Waals surface area contributed by atoms with Crippen LogP contribution in [-0.4, -0.2) is 58.9 Å². The number of aryl methyl sites for hydroxylation is 1. The Hall–Kier alpha value is -2.43. The molecule has 0 spiro atoms. The van der Waals surface area contributed by atoms with Gasteiger partial charge in [-0.3, -0.25) is 19.5 Å². The minimum atomic E-state index is -0.131. The smallest absolute Gasteiger partial charge is 0.233 e. The molecule has 1 saturated carbocycles. The van der Waals surface area contributed by atoms with Crippen molar-refractivity contribution in [1.82, 2.24) is 25.1 Å². The minimum Gasteiger partial charge on any atom is -0.355 e. The van der Waals surface area contributed by atoms with Crippen molar-refractivity contribution in [2.75, 3.05) is 26.7 Å². The fourth-order valence-electron chi connectivity index (χ4n) is 5.46. The van der Waals surface area contributed by atoms with Crippen LogP contribution >= 0.6 is 24.0 Å². The third-order valence-corrected chi connectivity index (χ3v) is 6.89. The van der Waals surface area contributed by atoms with E-state index in [1.54, 1.807) is 7.05 Å². The average molecular weight is 548 g/mol. The number of carbonyl (C=O) groups excluding carboxylic acids is 2. The number of benzene rings is 1. The van der Waals surface area contributed by atoms with Gasteiger partial charge in [0.15, 0.2) is 5.96 Å². The van der Waals surface area contributed by atoms with Crippen molar-refractivity contribution in [1.29, 1.82) is 0 Å². The second-order valence-electron chi connectivity index (χ2n) is 8.55. The predicted molar refractivity (Wildman–Crippen MR) is 134 cm³/mol. The van der Waals surface area contributed by atoms with E-state index in [9.17, 15) is 9.59 Å². The van der Waals surface area contributed by atoms with Gasteiger partial charge in [0.05, 0.1) is 22.9 Å². The van der Waals surface area contributed by atoms with Crippen LogP contribution in [0.2, 0.25) is 0 Å². The van der Waals surface area contributed by atoms with Gasteiger partial charge in [-0.05, 0) is 37.3 Å². The van der Waals surface area contributed by atoms with Gasteiger partial charge in [0.25, 0.3) is 0 Å². The lowest BCUT2D eigenvalue weighted by atomic mass is 9.85. The highest BCUT2D eigenvalue weighted by Crippen LogP contribution is 2.52. The van der Waals surface area contributed by atoms with Crippen LogP contribution in [0, 0.1) is 30.6 Å². The van der Waals surface area contributed by atoms with Crippen molar-refractivity contribution >= 4 is 52.8 Å². The normalized spacial score (nSPS) is 26.1. The number of aliphatic imine (C=N–C) groups is 1. The number of hydrogen-bond acceptors (Lipinski definition) is 4. The first-order valence-electron chi connectivity index (χ1n) is 11.0. The number of hydrogen-bond donors (Lipinski definition) is 2. The number of nitrogens with zero attached hydrogens (tertiary/aromatic N) is 4. The molecule has 4 atom stereocenters. The van der Waals surface area contributed by atoms with Gasteiger partial charge in [0, 0.05) is 33.2 Å². The van der Waals surface area contributed by atoms with Crippen molar-refractivity contribution in [3.05, 3.63) is 42.2 Å². The quantitative estimate of drug-likeness (QED) is 0.189. The monoisotopic (exact) mass is 548 g/mol. The number of likely N-dealkylation sites (tertiary alicyclic amines) is 1. The van der Waals surface area contributed by atoms with Crippen LogP contribution < -0.4 is 10.6 Å². The topological polar surface area (TPSA) is 91.6 Å². The van der Waals surface area contributed by atoms with Gasteiger partial charge in [-0.1, -0.05) is 24.3 Å². The summed E-state index contributed by atoms with van der Waals surface area (Å²) in [6.45, 7) is 4.30. The molecule has 4 unspecified atom stereocenters. The Morgan fingerprint density at radius 1 is 1.06 bits per heavy atom. The molecule has 9 heteroatoms. The summed E-state index contributed by atoms with van der Waals surface area (Å²) in [6.07, 6.45) is 5.20. The van der Waals surface area contributed by atoms with Crippen LogP contribution in [0.1, 0.15) is 12.2 Å². The molecule has 170 valence electrons. The molecule has 2 bridgehead atoms. The van der Waals surface area contributed by atoms with E-state index in [2.05, 4.69) is 43.4 Å². The lowest BCUT2D eigenvalue weighted by Crippen LogP contribution is -2.44. The maximum atomic E-state index is 12.8. The molecule has 2 N–H and O–H groups in total. The lowest BCUT2D eigenvalue weighted by molar-refractivity contribution is -0.140. The molecule has 1 aliphatic heterocycles. The number of imidazole rings is 1. The Kier molecular flexibility index (Phi) is 6.55. The van der Waals surface area contributed by atoms with E-state index < -0.39 is 0 Å². The first-order chi connectivity index (χ1) is 15.1. The van der Waals surface area contributed by atoms with Crippen LogP contribution in [0.15, 0.2) is 41.4 Å². The number of amides is 2. The lowest BCUT2D eigenvalue weighted by Gasteiger charge is -2.19. The highest BCUT2D eigenvalue weighted by Gasteiger charge is 2.58. The van der Waals surface area contributed by atoms with Gasteiger partial charge < -0.3 is 15.2 Å². The molecule has 1 aromatic heterocycles. The molecule has 2 aromatic rings. The zero-order chi connectivity index (χ0) is 21.5. The number of allylic oxidation sites excluding steroid dienone is 2. The number of rotatable bonds is 6. The summed E-state index contributed by atoms with van der Waals surface area (Å²) in [4.78, 5) is 35.8. The molecule has 1 aromatic carbocycles. The zero-order valence-corrected chi connectivity index (χ0v) is 20.7. The van der Waals surface area contributed by atoms with E-state index >= 15 is 0 Å². The summed E-state index contributed by atoms with van der Waals surface area (Å²) >= 11 is 0. The Morgan fingerprint density at radius 3 is 2.34 bits per heavy atom. The summed E-state index contributed by atoms with van der Waals surface area (Å²) in [7, 11) is 1.72. The summed E-state index contributed by atoms with van der Waals surface area (Å²) < 4.78 is 2.18. The number of guanidine groups is 1. The first-order valence-corrected chi connectivity index (χ1v) is 11.0. The number of halogens is 1. The molecular formula is C23H29IN6O2. The van der Waals surface area contributed by atoms with Crippen molar-refractivity contribution in [2.45, 2.75) is 19.9 Å². The molecule has 2 aliphatic carbocycles. The van der Waals surface area contributed by atoms with E-state index in [1.807, 2.05) is 25.1 Å². The molecule has 8 nitrogen and oxygen atoms in total. The predicted octanol–water partition coefficient (Wildman–Crippen LogP) is 1.93. The van der Waals surface area contributed by atoms with E-state index in [0.717, 1.165) is 29.8 Å². The first kappa shape index (κ1) is 22.8. The van der Waals surface area contributed by atoms with Crippen molar-refractivity contribution in [2.24, 2.45) is 28.7 Å². The SMILES string of the molecule is CN=C(NCCN1C(=O)C2C3C=CC(C3)C2C1=O)NCCn1c(C)nc2ccccc21.I. The Balaban J connectivity index is 0.00000245. The maximum Gasteiger partial charge on any atom is 0.233 e. The average Bonchev–Trinajstić information content (AvgIpc) is 3.51. The van der Waals surface area contributed by atoms with Crippen LogP contribution in [0.4, 0.5) is 0 Å². The number of fused-ring (bicyclic) bond motifs is 6. The fraction of sp³-hybridized carbons (Fsp3) is 0.478. The Labute approximate surface area is 204 Å². The number of nitrogens with one attached hydrogen (secondary N) is 2. The summed E-state index contributed by atoms with van der Waals surface area (Å²) in [6, 6.07) is 8.10. The third kappa shape index (κ3) is 3.80. The molecule has 2 heterocycles. The molecule has 32 heavy (non-hydrogen) atoms. The molecule has 2 fully saturated rings. The highest BCUT2D eigenvalue weighted by atomic mass is 127. The number of aromatic nitrogens is 2. The Bertz CT molecular complexity index is 1060. The molecule has 5 rings (SSSR count). The van der Waals surface area contributed by atoms with Crippen molar-refractivity contribution < 1.29 is 9.59 Å². The van der Waals surface area contributed by atoms with Gasteiger partial charge in [0.2, 0.25) is 11.8 Å². The van der Waals surface area contributed by atoms with Gasteiger partial charge in [-0.25, -0.2) is 4.98 Å². The van der Waals surface area contributed by atoms with E-state index in [1.165, 1.54) is 4.90 Å². The van der Waals surface area contributed by atoms with Gasteiger partial charge in [-0.2, -0.15) is 0 Å². The fourth-order valence-corrected chi connectivity index (χ4v) is 5.46. The van der Waals surface area contributed by atoms with Crippen LogP contribution in [0.5, 0.6) is 0 Å². The summed E-state index contributed by atoms with van der Waals surface area (Å²) in [5, 5.41) is 6.53. The second-order valence-corrected chi connectivity index (χ2v) is 8.55. The largest absolute Gasteiger partial charge is 0.355 e. The maximum absolute atomic E-state index is 12.8. The highest BCUT2D eigenvalue weighted by molar-refractivity contribution is 14.0. The molecular weight excluding hydrogens is 519 g/mol. The zero-order valence-electron chi connectivity index (χ0n) is 18.3. The second kappa shape index (κ2) is 9.21. The standard InChI is InChI=1S/C23H28N6O2.HI/c1-14-27-17-5-3-4-6-18(17)28(14)11-9-25-23(24-2)26-10-12-29-21(30)19-15-7-8-16(13-15)20(19)22(29)31;/h3-8,15-16,19-20H,9-13H2,1-2H3,(H2,24,25,26);1H. The van der Waals surface area contributed by atoms with Crippen molar-refractivity contribution in [3.63, 3.8) is 0 Å². The van der Waals surface area contributed by atoms with Gasteiger partial charge >= 0.3 is 0 Å². The van der Waals surface area contributed by atoms with Crippen LogP contribution in [0.3, 0.4) is 0 Å².